The Morgan fingerprint density at radius 3 is 2.29 bits per heavy atom. The molecular formula is C13H12F3N3O2. The van der Waals surface area contributed by atoms with Crippen LogP contribution in [0.3, 0.4) is 0 Å². The maximum Gasteiger partial charge on any atom is 0.257 e. The number of carbonyl (C=O) groups excluding carboxylic acids is 2. The van der Waals surface area contributed by atoms with Crippen LogP contribution in [0.25, 0.3) is 0 Å². The second kappa shape index (κ2) is 6.74. The van der Waals surface area contributed by atoms with Crippen molar-refractivity contribution < 1.29 is 22.8 Å². The van der Waals surface area contributed by atoms with Gasteiger partial charge in [-0.05, 0) is 13.3 Å². The van der Waals surface area contributed by atoms with E-state index in [9.17, 15) is 22.8 Å². The van der Waals surface area contributed by atoms with E-state index in [1.165, 1.54) is 6.92 Å². The van der Waals surface area contributed by atoms with Crippen LogP contribution in [0.15, 0.2) is 12.1 Å². The summed E-state index contributed by atoms with van der Waals surface area (Å²) < 4.78 is 39.6. The van der Waals surface area contributed by atoms with E-state index in [0.717, 1.165) is 0 Å². The molecule has 0 radical (unpaired) electrons. The van der Waals surface area contributed by atoms with E-state index < -0.39 is 46.8 Å². The van der Waals surface area contributed by atoms with Gasteiger partial charge in [-0.2, -0.15) is 5.26 Å². The molecule has 0 aliphatic rings. The zero-order chi connectivity index (χ0) is 16.2. The van der Waals surface area contributed by atoms with Gasteiger partial charge in [0, 0.05) is 18.1 Å². The smallest absolute Gasteiger partial charge is 0.257 e. The van der Waals surface area contributed by atoms with Crippen LogP contribution in [-0.2, 0) is 4.79 Å². The van der Waals surface area contributed by atoms with E-state index in [2.05, 4.69) is 0 Å². The summed E-state index contributed by atoms with van der Waals surface area (Å²) in [5, 5.41) is 10.7. The number of primary amides is 1. The Morgan fingerprint density at radius 2 is 1.86 bits per heavy atom. The minimum Gasteiger partial charge on any atom is -0.368 e. The van der Waals surface area contributed by atoms with Gasteiger partial charge in [0.25, 0.3) is 5.91 Å². The molecule has 21 heavy (non-hydrogen) atoms. The lowest BCUT2D eigenvalue weighted by atomic mass is 10.0. The van der Waals surface area contributed by atoms with Crippen LogP contribution in [0.2, 0.25) is 0 Å². The number of benzene rings is 1. The highest BCUT2D eigenvalue weighted by atomic mass is 19.1. The Kier molecular flexibility index (Phi) is 5.30. The van der Waals surface area contributed by atoms with Gasteiger partial charge in [0.15, 0.2) is 0 Å². The van der Waals surface area contributed by atoms with Crippen molar-refractivity contribution in [1.29, 1.82) is 5.26 Å². The number of rotatable bonds is 5. The number of carbonyl (C=O) groups is 2. The minimum absolute atomic E-state index is 0.109. The van der Waals surface area contributed by atoms with Gasteiger partial charge >= 0.3 is 0 Å². The Hall–Kier alpha value is -2.56. The third kappa shape index (κ3) is 4.21. The summed E-state index contributed by atoms with van der Waals surface area (Å²) in [4.78, 5) is 23.0. The molecule has 0 spiro atoms. The van der Waals surface area contributed by atoms with E-state index >= 15 is 0 Å². The van der Waals surface area contributed by atoms with Gasteiger partial charge in [-0.3, -0.25) is 9.59 Å². The predicted molar refractivity (Wildman–Crippen MR) is 66.2 cm³/mol. The summed E-state index contributed by atoms with van der Waals surface area (Å²) in [5.41, 5.74) is 4.03. The Labute approximate surface area is 118 Å². The fourth-order valence-electron chi connectivity index (χ4n) is 1.64. The van der Waals surface area contributed by atoms with Crippen LogP contribution in [0.5, 0.6) is 0 Å². The van der Waals surface area contributed by atoms with Gasteiger partial charge < -0.3 is 11.1 Å². The van der Waals surface area contributed by atoms with Crippen LogP contribution < -0.4 is 11.1 Å². The molecule has 0 bridgehead atoms. The van der Waals surface area contributed by atoms with Crippen molar-refractivity contribution in [1.82, 2.24) is 5.32 Å². The molecule has 0 fully saturated rings. The largest absolute Gasteiger partial charge is 0.368 e. The average Bonchev–Trinajstić information content (AvgIpc) is 2.36. The third-order valence-corrected chi connectivity index (χ3v) is 2.69. The van der Waals surface area contributed by atoms with E-state index in [1.54, 1.807) is 0 Å². The molecule has 0 aromatic heterocycles. The number of nitrogens with two attached hydrogens (primary N) is 1. The molecule has 2 atom stereocenters. The van der Waals surface area contributed by atoms with Crippen LogP contribution in [0.4, 0.5) is 13.2 Å². The molecule has 0 saturated heterocycles. The number of nitrogens with zero attached hydrogens (tertiary/aromatic N) is 1. The quantitative estimate of drug-likeness (QED) is 0.856. The standard InChI is InChI=1S/C13H12F3N3O2/c1-6(5-17)2-10(12(18)20)19-13(21)11-8(15)3-7(14)4-9(11)16/h3-4,6,10H,2H2,1H3,(H2,18,20)(H,19,21)/t6-,10+/m1/s1. The molecule has 0 unspecified atom stereocenters. The molecule has 2 amide bonds. The molecule has 0 aliphatic carbocycles. The Morgan fingerprint density at radius 1 is 1.33 bits per heavy atom. The number of amides is 2. The van der Waals surface area contributed by atoms with Gasteiger partial charge in [0.2, 0.25) is 5.91 Å². The Balaban J connectivity index is 2.98. The maximum atomic E-state index is 13.4. The Bertz CT molecular complexity index is 590. The predicted octanol–water partition coefficient (Wildman–Crippen LogP) is 1.24. The highest BCUT2D eigenvalue weighted by molar-refractivity contribution is 5.97. The molecular weight excluding hydrogens is 287 g/mol. The first-order valence-corrected chi connectivity index (χ1v) is 5.90. The molecule has 1 rings (SSSR count). The SMILES string of the molecule is C[C@@H](C#N)C[C@H](NC(=O)c1c(F)cc(F)cc1F)C(N)=O. The molecule has 1 aromatic rings. The lowest BCUT2D eigenvalue weighted by molar-refractivity contribution is -0.120. The van der Waals surface area contributed by atoms with Crippen LogP contribution >= 0.6 is 0 Å². The lowest BCUT2D eigenvalue weighted by Crippen LogP contribution is -2.45. The summed E-state index contributed by atoms with van der Waals surface area (Å²) in [6.45, 7) is 1.49. The van der Waals surface area contributed by atoms with Crippen molar-refractivity contribution in [3.63, 3.8) is 0 Å². The molecule has 1 aromatic carbocycles. The third-order valence-electron chi connectivity index (χ3n) is 2.69. The molecule has 112 valence electrons. The number of nitriles is 1. The second-order valence-corrected chi connectivity index (χ2v) is 4.44. The summed E-state index contributed by atoms with van der Waals surface area (Å²) >= 11 is 0. The van der Waals surface area contributed by atoms with E-state index in [0.29, 0.717) is 12.1 Å². The van der Waals surface area contributed by atoms with Crippen molar-refractivity contribution in [3.05, 3.63) is 35.1 Å². The molecule has 0 aliphatic heterocycles. The van der Waals surface area contributed by atoms with E-state index in [-0.39, 0.29) is 6.42 Å². The fraction of sp³-hybridized carbons (Fsp3) is 0.308. The normalized spacial score (nSPS) is 13.1. The maximum absolute atomic E-state index is 13.4. The zero-order valence-electron chi connectivity index (χ0n) is 11.0. The number of hydrogen-bond acceptors (Lipinski definition) is 3. The molecule has 8 heteroatoms. The van der Waals surface area contributed by atoms with Gasteiger partial charge in [0.1, 0.15) is 29.1 Å². The number of nitrogens with one attached hydrogen (secondary N) is 1. The molecule has 0 heterocycles. The van der Waals surface area contributed by atoms with Crippen molar-refractivity contribution in [3.8, 4) is 6.07 Å². The first-order valence-electron chi connectivity index (χ1n) is 5.90. The highest BCUT2D eigenvalue weighted by Crippen LogP contribution is 2.15. The summed E-state index contributed by atoms with van der Waals surface area (Å²) in [6.07, 6.45) is -0.109. The van der Waals surface area contributed by atoms with Gasteiger partial charge in [-0.1, -0.05) is 0 Å². The highest BCUT2D eigenvalue weighted by Gasteiger charge is 2.25. The van der Waals surface area contributed by atoms with Gasteiger partial charge in [0.05, 0.1) is 6.07 Å². The first-order chi connectivity index (χ1) is 9.76. The van der Waals surface area contributed by atoms with Crippen LogP contribution in [0, 0.1) is 34.7 Å². The average molecular weight is 299 g/mol. The van der Waals surface area contributed by atoms with Gasteiger partial charge in [-0.15, -0.1) is 0 Å². The van der Waals surface area contributed by atoms with Crippen molar-refractivity contribution >= 4 is 11.8 Å². The second-order valence-electron chi connectivity index (χ2n) is 4.44. The lowest BCUT2D eigenvalue weighted by Gasteiger charge is -2.16. The summed E-state index contributed by atoms with van der Waals surface area (Å²) in [7, 11) is 0. The van der Waals surface area contributed by atoms with Crippen LogP contribution in [-0.4, -0.2) is 17.9 Å². The monoisotopic (exact) mass is 299 g/mol. The first kappa shape index (κ1) is 16.5. The topological polar surface area (TPSA) is 96.0 Å². The van der Waals surface area contributed by atoms with Crippen molar-refractivity contribution in [2.75, 3.05) is 0 Å². The van der Waals surface area contributed by atoms with Crippen LogP contribution in [0.1, 0.15) is 23.7 Å². The summed E-state index contributed by atoms with van der Waals surface area (Å²) in [6, 6.07) is 1.25. The molecule has 5 nitrogen and oxygen atoms in total. The molecule has 3 N–H and O–H groups in total. The minimum atomic E-state index is -1.40. The summed E-state index contributed by atoms with van der Waals surface area (Å²) in [5.74, 6) is -6.78. The number of hydrogen-bond donors (Lipinski definition) is 2. The number of halogens is 3. The van der Waals surface area contributed by atoms with Crippen molar-refractivity contribution in [2.45, 2.75) is 19.4 Å². The van der Waals surface area contributed by atoms with Gasteiger partial charge in [-0.25, -0.2) is 13.2 Å². The van der Waals surface area contributed by atoms with Crippen molar-refractivity contribution in [2.24, 2.45) is 11.7 Å². The zero-order valence-corrected chi connectivity index (χ0v) is 11.0. The molecule has 0 saturated carbocycles. The van der Waals surface area contributed by atoms with E-state index in [1.807, 2.05) is 11.4 Å². The fourth-order valence-corrected chi connectivity index (χ4v) is 1.64. The van der Waals surface area contributed by atoms with E-state index in [4.69, 9.17) is 11.0 Å².